The molecule has 0 saturated carbocycles. The zero-order valence-corrected chi connectivity index (χ0v) is 13.5. The summed E-state index contributed by atoms with van der Waals surface area (Å²) in [6, 6.07) is 16.0. The van der Waals surface area contributed by atoms with E-state index < -0.39 is 0 Å². The minimum absolute atomic E-state index is 0.339. The lowest BCUT2D eigenvalue weighted by Gasteiger charge is -2.17. The van der Waals surface area contributed by atoms with Crippen LogP contribution in [0, 0.1) is 0 Å². The van der Waals surface area contributed by atoms with Gasteiger partial charge in [-0.1, -0.05) is 47.5 Å². The first-order valence-electron chi connectivity index (χ1n) is 6.98. The van der Waals surface area contributed by atoms with Crippen LogP contribution in [-0.4, -0.2) is 19.7 Å². The van der Waals surface area contributed by atoms with Crippen molar-refractivity contribution in [2.45, 2.75) is 18.9 Å². The standard InChI is InChI=1S/C17H19Cl2NO/c1-20-14(9-10-21-15-5-3-2-4-6-15)11-13-7-8-16(18)17(19)12-13/h2-8,12,14,20H,9-11H2,1H3. The summed E-state index contributed by atoms with van der Waals surface area (Å²) < 4.78 is 5.73. The number of benzene rings is 2. The van der Waals surface area contributed by atoms with Crippen LogP contribution in [0.3, 0.4) is 0 Å². The van der Waals surface area contributed by atoms with Gasteiger partial charge in [0.25, 0.3) is 0 Å². The van der Waals surface area contributed by atoms with Crippen LogP contribution < -0.4 is 10.1 Å². The molecule has 0 aliphatic carbocycles. The molecule has 0 fully saturated rings. The monoisotopic (exact) mass is 323 g/mol. The van der Waals surface area contributed by atoms with Crippen molar-refractivity contribution in [2.24, 2.45) is 0 Å². The molecule has 1 N–H and O–H groups in total. The van der Waals surface area contributed by atoms with Crippen LogP contribution in [0.1, 0.15) is 12.0 Å². The molecule has 0 spiro atoms. The van der Waals surface area contributed by atoms with Gasteiger partial charge >= 0.3 is 0 Å². The quantitative estimate of drug-likeness (QED) is 0.804. The van der Waals surface area contributed by atoms with E-state index in [1.54, 1.807) is 0 Å². The van der Waals surface area contributed by atoms with Crippen molar-refractivity contribution >= 4 is 23.2 Å². The van der Waals surface area contributed by atoms with Crippen LogP contribution in [0.4, 0.5) is 0 Å². The molecule has 1 atom stereocenters. The van der Waals surface area contributed by atoms with Crippen molar-refractivity contribution in [2.75, 3.05) is 13.7 Å². The summed E-state index contributed by atoms with van der Waals surface area (Å²) in [5.74, 6) is 0.905. The van der Waals surface area contributed by atoms with Crippen LogP contribution in [0.15, 0.2) is 48.5 Å². The summed E-state index contributed by atoms with van der Waals surface area (Å²) in [7, 11) is 1.96. The predicted octanol–water partition coefficient (Wildman–Crippen LogP) is 4.59. The number of hydrogen-bond acceptors (Lipinski definition) is 2. The maximum Gasteiger partial charge on any atom is 0.119 e. The molecule has 4 heteroatoms. The summed E-state index contributed by atoms with van der Waals surface area (Å²) in [4.78, 5) is 0. The second-order valence-corrected chi connectivity index (χ2v) is 5.70. The Hall–Kier alpha value is -1.22. The molecule has 0 aliphatic rings. The Morgan fingerprint density at radius 3 is 2.48 bits per heavy atom. The number of nitrogens with one attached hydrogen (secondary N) is 1. The van der Waals surface area contributed by atoms with Gasteiger partial charge in [-0.3, -0.25) is 0 Å². The van der Waals surface area contributed by atoms with Crippen LogP contribution in [0.2, 0.25) is 10.0 Å². The van der Waals surface area contributed by atoms with Crippen LogP contribution in [-0.2, 0) is 6.42 Å². The van der Waals surface area contributed by atoms with E-state index in [9.17, 15) is 0 Å². The molecule has 2 aromatic rings. The van der Waals surface area contributed by atoms with Crippen LogP contribution in [0.5, 0.6) is 5.75 Å². The molecule has 2 aromatic carbocycles. The second-order valence-electron chi connectivity index (χ2n) is 4.89. The smallest absolute Gasteiger partial charge is 0.119 e. The van der Waals surface area contributed by atoms with Crippen molar-refractivity contribution in [1.82, 2.24) is 5.32 Å². The Balaban J connectivity index is 1.84. The Morgan fingerprint density at radius 1 is 1.05 bits per heavy atom. The van der Waals surface area contributed by atoms with Crippen molar-refractivity contribution in [3.8, 4) is 5.75 Å². The van der Waals surface area contributed by atoms with Crippen molar-refractivity contribution in [1.29, 1.82) is 0 Å². The third-order valence-corrected chi connectivity index (χ3v) is 4.09. The van der Waals surface area contributed by atoms with Crippen molar-refractivity contribution < 1.29 is 4.74 Å². The molecule has 0 bridgehead atoms. The van der Waals surface area contributed by atoms with Crippen LogP contribution >= 0.6 is 23.2 Å². The molecule has 0 aliphatic heterocycles. The summed E-state index contributed by atoms with van der Waals surface area (Å²) in [6.07, 6.45) is 1.82. The summed E-state index contributed by atoms with van der Waals surface area (Å²) >= 11 is 12.0. The zero-order valence-electron chi connectivity index (χ0n) is 12.0. The van der Waals surface area contributed by atoms with Gasteiger partial charge in [0.15, 0.2) is 0 Å². The maximum absolute atomic E-state index is 6.05. The molecule has 1 unspecified atom stereocenters. The van der Waals surface area contributed by atoms with Crippen molar-refractivity contribution in [3.05, 3.63) is 64.1 Å². The van der Waals surface area contributed by atoms with Gasteiger partial charge in [-0.15, -0.1) is 0 Å². The fraction of sp³-hybridized carbons (Fsp3) is 0.294. The molecule has 2 nitrogen and oxygen atoms in total. The van der Waals surface area contributed by atoms with Gasteiger partial charge in [0.1, 0.15) is 5.75 Å². The van der Waals surface area contributed by atoms with E-state index in [2.05, 4.69) is 5.32 Å². The highest BCUT2D eigenvalue weighted by atomic mass is 35.5. The summed E-state index contributed by atoms with van der Waals surface area (Å²) in [6.45, 7) is 0.677. The highest BCUT2D eigenvalue weighted by Crippen LogP contribution is 2.23. The van der Waals surface area contributed by atoms with E-state index in [-0.39, 0.29) is 0 Å². The first kappa shape index (κ1) is 16.2. The van der Waals surface area contributed by atoms with E-state index in [4.69, 9.17) is 27.9 Å². The third kappa shape index (κ3) is 5.24. The fourth-order valence-electron chi connectivity index (χ4n) is 2.14. The number of likely N-dealkylation sites (N-methyl/N-ethyl adjacent to an activating group) is 1. The summed E-state index contributed by atoms with van der Waals surface area (Å²) in [5, 5.41) is 4.51. The molecule has 0 heterocycles. The van der Waals surface area contributed by atoms with Gasteiger partial charge in [0.05, 0.1) is 16.7 Å². The largest absolute Gasteiger partial charge is 0.494 e. The SMILES string of the molecule is CNC(CCOc1ccccc1)Cc1ccc(Cl)c(Cl)c1. The van der Waals surface area contributed by atoms with E-state index in [0.29, 0.717) is 22.7 Å². The zero-order chi connectivity index (χ0) is 15.1. The number of hydrogen-bond donors (Lipinski definition) is 1. The number of rotatable bonds is 7. The van der Waals surface area contributed by atoms with Gasteiger partial charge in [0, 0.05) is 6.04 Å². The highest BCUT2D eigenvalue weighted by Gasteiger charge is 2.09. The molecule has 0 aromatic heterocycles. The minimum atomic E-state index is 0.339. The highest BCUT2D eigenvalue weighted by molar-refractivity contribution is 6.42. The van der Waals surface area contributed by atoms with Gasteiger partial charge in [-0.25, -0.2) is 0 Å². The lowest BCUT2D eigenvalue weighted by molar-refractivity contribution is 0.288. The lowest BCUT2D eigenvalue weighted by Crippen LogP contribution is -2.29. The Morgan fingerprint density at radius 2 is 1.81 bits per heavy atom. The number of halogens is 2. The molecular weight excluding hydrogens is 305 g/mol. The normalized spacial score (nSPS) is 12.1. The Bertz CT molecular complexity index is 560. The molecular formula is C17H19Cl2NO. The molecule has 2 rings (SSSR count). The van der Waals surface area contributed by atoms with Crippen LogP contribution in [0.25, 0.3) is 0 Å². The lowest BCUT2D eigenvalue weighted by atomic mass is 10.0. The molecule has 0 radical (unpaired) electrons. The van der Waals surface area contributed by atoms with E-state index in [0.717, 1.165) is 18.6 Å². The molecule has 21 heavy (non-hydrogen) atoms. The Kier molecular flexibility index (Phi) is 6.37. The van der Waals surface area contributed by atoms with Gasteiger partial charge in [-0.05, 0) is 49.7 Å². The average Bonchev–Trinajstić information content (AvgIpc) is 2.51. The molecule has 112 valence electrons. The first-order valence-corrected chi connectivity index (χ1v) is 7.73. The van der Waals surface area contributed by atoms with Gasteiger partial charge in [0.2, 0.25) is 0 Å². The first-order chi connectivity index (χ1) is 10.2. The van der Waals surface area contributed by atoms with Gasteiger partial charge in [-0.2, -0.15) is 0 Å². The third-order valence-electron chi connectivity index (χ3n) is 3.35. The number of ether oxygens (including phenoxy) is 1. The summed E-state index contributed by atoms with van der Waals surface area (Å²) in [5.41, 5.74) is 1.17. The van der Waals surface area contributed by atoms with Crippen molar-refractivity contribution in [3.63, 3.8) is 0 Å². The Labute approximate surface area is 136 Å². The predicted molar refractivity (Wildman–Crippen MR) is 89.6 cm³/mol. The fourth-order valence-corrected chi connectivity index (χ4v) is 2.46. The molecule has 0 amide bonds. The second kappa shape index (κ2) is 8.28. The number of para-hydroxylation sites is 1. The van der Waals surface area contributed by atoms with E-state index in [1.165, 1.54) is 5.56 Å². The van der Waals surface area contributed by atoms with Gasteiger partial charge < -0.3 is 10.1 Å². The maximum atomic E-state index is 6.05. The van der Waals surface area contributed by atoms with E-state index in [1.807, 2.05) is 55.6 Å². The average molecular weight is 324 g/mol. The minimum Gasteiger partial charge on any atom is -0.494 e. The topological polar surface area (TPSA) is 21.3 Å². The molecule has 0 saturated heterocycles. The van der Waals surface area contributed by atoms with E-state index >= 15 is 0 Å².